The Morgan fingerprint density at radius 1 is 1.19 bits per heavy atom. The molecule has 1 N–H and O–H groups in total. The largest absolute Gasteiger partial charge is 0.493 e. The highest BCUT2D eigenvalue weighted by molar-refractivity contribution is 6.38. The van der Waals surface area contributed by atoms with Gasteiger partial charge < -0.3 is 19.1 Å². The highest BCUT2D eigenvalue weighted by Gasteiger charge is 2.19. The van der Waals surface area contributed by atoms with Crippen LogP contribution in [-0.4, -0.2) is 54.9 Å². The van der Waals surface area contributed by atoms with Crippen molar-refractivity contribution >= 4 is 34.3 Å². The average molecular weight is 450 g/mol. The number of hydrogen-bond donors (Lipinski definition) is 1. The molecule has 0 aliphatic carbocycles. The summed E-state index contributed by atoms with van der Waals surface area (Å²) in [7, 11) is 1.59. The van der Waals surface area contributed by atoms with Crippen LogP contribution in [0.4, 0.5) is 10.5 Å². The summed E-state index contributed by atoms with van der Waals surface area (Å²) >= 11 is 6.54. The van der Waals surface area contributed by atoms with E-state index in [1.807, 2.05) is 6.07 Å². The molecule has 0 bridgehead atoms. The van der Waals surface area contributed by atoms with Crippen LogP contribution in [0.2, 0.25) is 5.02 Å². The van der Waals surface area contributed by atoms with E-state index in [2.05, 4.69) is 15.2 Å². The van der Waals surface area contributed by atoms with E-state index in [4.69, 9.17) is 25.8 Å². The van der Waals surface area contributed by atoms with Crippen LogP contribution in [0.5, 0.6) is 11.5 Å². The van der Waals surface area contributed by atoms with Gasteiger partial charge in [0, 0.05) is 18.0 Å². The maximum Gasteiger partial charge on any atom is 0.412 e. The number of fused-ring (bicyclic) bond motifs is 1. The lowest BCUT2D eigenvalue weighted by molar-refractivity contribution is 0.0636. The van der Waals surface area contributed by atoms with Crippen molar-refractivity contribution in [1.29, 1.82) is 0 Å². The summed E-state index contributed by atoms with van der Waals surface area (Å²) in [5.41, 5.74) is 0.428. The second-order valence-corrected chi connectivity index (χ2v) is 9.12. The molecule has 2 heterocycles. The number of methoxy groups -OCH3 is 1. The van der Waals surface area contributed by atoms with Gasteiger partial charge in [-0.25, -0.2) is 4.79 Å². The van der Waals surface area contributed by atoms with Gasteiger partial charge in [0.25, 0.3) is 0 Å². The minimum atomic E-state index is -0.607. The number of halogens is 1. The second kappa shape index (κ2) is 10.4. The van der Waals surface area contributed by atoms with Gasteiger partial charge in [-0.2, -0.15) is 0 Å². The van der Waals surface area contributed by atoms with E-state index >= 15 is 0 Å². The molecule has 1 saturated heterocycles. The molecule has 0 saturated carbocycles. The lowest BCUT2D eigenvalue weighted by atomic mass is 10.1. The van der Waals surface area contributed by atoms with Crippen molar-refractivity contribution in [1.82, 2.24) is 9.88 Å². The number of amides is 1. The summed E-state index contributed by atoms with van der Waals surface area (Å²) in [6.07, 6.45) is 5.80. The fourth-order valence-corrected chi connectivity index (χ4v) is 3.84. The van der Waals surface area contributed by atoms with Crippen molar-refractivity contribution in [2.24, 2.45) is 0 Å². The topological polar surface area (TPSA) is 72.9 Å². The van der Waals surface area contributed by atoms with Gasteiger partial charge in [0.1, 0.15) is 5.60 Å². The lowest BCUT2D eigenvalue weighted by Crippen LogP contribution is -2.31. The molecule has 170 valence electrons. The van der Waals surface area contributed by atoms with Crippen LogP contribution < -0.4 is 14.8 Å². The van der Waals surface area contributed by atoms with Gasteiger partial charge in [-0.05, 0) is 59.2 Å². The number of carbonyl (C=O) groups excluding carboxylic acids is 1. The fourth-order valence-electron chi connectivity index (χ4n) is 3.59. The van der Waals surface area contributed by atoms with Crippen LogP contribution in [0, 0.1) is 0 Å². The van der Waals surface area contributed by atoms with Crippen molar-refractivity contribution in [2.45, 2.75) is 52.1 Å². The Labute approximate surface area is 189 Å². The van der Waals surface area contributed by atoms with E-state index in [9.17, 15) is 4.79 Å². The molecular formula is C23H32ClN3O4. The number of hydrogen-bond acceptors (Lipinski definition) is 6. The summed E-state index contributed by atoms with van der Waals surface area (Å²) in [5.74, 6) is 1.20. The first kappa shape index (κ1) is 23.4. The number of rotatable bonds is 7. The van der Waals surface area contributed by atoms with E-state index in [1.165, 1.54) is 38.5 Å². The number of anilines is 1. The molecule has 1 aromatic carbocycles. The van der Waals surface area contributed by atoms with E-state index in [1.54, 1.807) is 33.9 Å². The number of piperidine rings is 1. The Balaban J connectivity index is 1.69. The van der Waals surface area contributed by atoms with Crippen molar-refractivity contribution in [3.05, 3.63) is 23.4 Å². The molecule has 1 fully saturated rings. The number of likely N-dealkylation sites (tertiary alicyclic amines) is 1. The predicted octanol–water partition coefficient (Wildman–Crippen LogP) is 5.50. The first-order chi connectivity index (χ1) is 14.8. The van der Waals surface area contributed by atoms with Gasteiger partial charge >= 0.3 is 6.09 Å². The van der Waals surface area contributed by atoms with Crippen LogP contribution in [0.3, 0.4) is 0 Å². The molecule has 3 rings (SSSR count). The molecule has 7 nitrogen and oxygen atoms in total. The number of benzene rings is 1. The molecule has 2 aromatic rings. The van der Waals surface area contributed by atoms with Gasteiger partial charge in [0.15, 0.2) is 11.5 Å². The monoisotopic (exact) mass is 449 g/mol. The van der Waals surface area contributed by atoms with Crippen molar-refractivity contribution in [2.75, 3.05) is 38.7 Å². The van der Waals surface area contributed by atoms with E-state index in [0.29, 0.717) is 39.7 Å². The lowest BCUT2D eigenvalue weighted by Gasteiger charge is -2.26. The number of carbonyl (C=O) groups is 1. The standard InChI is InChI=1S/C23H32ClN3O4/c1-23(2,3)31-22(28)26-18-15-25-17-14-20(19(29-4)13-16(17)21(18)24)30-12-8-11-27-9-6-5-7-10-27/h13-15H,5-12H2,1-4H3,(H,26,28). The molecule has 1 aliphatic rings. The summed E-state index contributed by atoms with van der Waals surface area (Å²) in [4.78, 5) is 19.0. The Morgan fingerprint density at radius 2 is 1.94 bits per heavy atom. The maximum atomic E-state index is 12.1. The molecule has 1 aromatic heterocycles. The van der Waals surface area contributed by atoms with Crippen LogP contribution in [0.15, 0.2) is 18.3 Å². The van der Waals surface area contributed by atoms with Crippen LogP contribution >= 0.6 is 11.6 Å². The fraction of sp³-hybridized carbons (Fsp3) is 0.565. The zero-order valence-corrected chi connectivity index (χ0v) is 19.6. The van der Waals surface area contributed by atoms with Crippen LogP contribution in [-0.2, 0) is 4.74 Å². The molecule has 8 heteroatoms. The van der Waals surface area contributed by atoms with Gasteiger partial charge in [0.05, 0.1) is 36.1 Å². The number of nitrogens with one attached hydrogen (secondary N) is 1. The smallest absolute Gasteiger partial charge is 0.412 e. The molecule has 0 radical (unpaired) electrons. The van der Waals surface area contributed by atoms with Crippen molar-refractivity contribution in [3.8, 4) is 11.5 Å². The van der Waals surface area contributed by atoms with Gasteiger partial charge in [-0.15, -0.1) is 0 Å². The number of nitrogens with zero attached hydrogens (tertiary/aromatic N) is 2. The first-order valence-electron chi connectivity index (χ1n) is 10.8. The molecule has 1 aliphatic heterocycles. The van der Waals surface area contributed by atoms with Gasteiger partial charge in [0.2, 0.25) is 0 Å². The minimum absolute atomic E-state index is 0.366. The molecule has 0 spiro atoms. The van der Waals surface area contributed by atoms with Crippen molar-refractivity contribution < 1.29 is 19.0 Å². The highest BCUT2D eigenvalue weighted by Crippen LogP contribution is 2.37. The molecular weight excluding hydrogens is 418 g/mol. The Hall–Kier alpha value is -2.25. The molecule has 1 amide bonds. The van der Waals surface area contributed by atoms with E-state index < -0.39 is 11.7 Å². The zero-order valence-electron chi connectivity index (χ0n) is 18.8. The Bertz CT molecular complexity index is 908. The van der Waals surface area contributed by atoms with Crippen LogP contribution in [0.1, 0.15) is 46.5 Å². The quantitative estimate of drug-likeness (QED) is 0.563. The zero-order chi connectivity index (χ0) is 22.4. The molecule has 0 unspecified atom stereocenters. The Morgan fingerprint density at radius 3 is 2.61 bits per heavy atom. The Kier molecular flexibility index (Phi) is 7.84. The number of pyridine rings is 1. The number of aromatic nitrogens is 1. The third-order valence-electron chi connectivity index (χ3n) is 5.05. The number of ether oxygens (including phenoxy) is 3. The minimum Gasteiger partial charge on any atom is -0.493 e. The highest BCUT2D eigenvalue weighted by atomic mass is 35.5. The van der Waals surface area contributed by atoms with E-state index in [0.717, 1.165) is 13.0 Å². The maximum absolute atomic E-state index is 12.1. The summed E-state index contributed by atoms with van der Waals surface area (Å²) in [5, 5.41) is 3.68. The predicted molar refractivity (Wildman–Crippen MR) is 124 cm³/mol. The molecule has 0 atom stereocenters. The second-order valence-electron chi connectivity index (χ2n) is 8.74. The van der Waals surface area contributed by atoms with E-state index in [-0.39, 0.29) is 0 Å². The SMILES string of the molecule is COc1cc2c(Cl)c(NC(=O)OC(C)(C)C)cnc2cc1OCCCN1CCCCC1. The normalized spacial score (nSPS) is 15.0. The average Bonchev–Trinajstić information content (AvgIpc) is 2.72. The van der Waals surface area contributed by atoms with Gasteiger partial charge in [-0.1, -0.05) is 18.0 Å². The third kappa shape index (κ3) is 6.61. The molecule has 31 heavy (non-hydrogen) atoms. The summed E-state index contributed by atoms with van der Waals surface area (Å²) in [6.45, 7) is 9.40. The van der Waals surface area contributed by atoms with Crippen LogP contribution in [0.25, 0.3) is 10.9 Å². The van der Waals surface area contributed by atoms with Crippen molar-refractivity contribution in [3.63, 3.8) is 0 Å². The van der Waals surface area contributed by atoms with Gasteiger partial charge in [-0.3, -0.25) is 10.3 Å². The summed E-state index contributed by atoms with van der Waals surface area (Å²) in [6, 6.07) is 3.60. The third-order valence-corrected chi connectivity index (χ3v) is 5.46. The first-order valence-corrected chi connectivity index (χ1v) is 11.2. The summed E-state index contributed by atoms with van der Waals surface area (Å²) < 4.78 is 16.8.